The summed E-state index contributed by atoms with van der Waals surface area (Å²) in [5.41, 5.74) is 6.02. The minimum absolute atomic E-state index is 0.482. The van der Waals surface area contributed by atoms with Gasteiger partial charge in [-0.2, -0.15) is 11.8 Å². The van der Waals surface area contributed by atoms with Crippen LogP contribution in [0.4, 0.5) is 0 Å². The molecule has 0 amide bonds. The van der Waals surface area contributed by atoms with E-state index in [2.05, 4.69) is 13.8 Å². The molecule has 1 aliphatic rings. The molecule has 2 N–H and O–H groups in total. The van der Waals surface area contributed by atoms with E-state index in [-0.39, 0.29) is 0 Å². The Bertz CT molecular complexity index is 123. The molecule has 0 spiro atoms. The van der Waals surface area contributed by atoms with Gasteiger partial charge < -0.3 is 5.73 Å². The van der Waals surface area contributed by atoms with Crippen LogP contribution < -0.4 is 5.73 Å². The highest BCUT2D eigenvalue weighted by Gasteiger charge is 2.25. The van der Waals surface area contributed by atoms with E-state index >= 15 is 0 Å². The van der Waals surface area contributed by atoms with Crippen LogP contribution in [0.5, 0.6) is 0 Å². The van der Waals surface area contributed by atoms with Gasteiger partial charge in [-0.1, -0.05) is 26.7 Å². The summed E-state index contributed by atoms with van der Waals surface area (Å²) < 4.78 is 0. The summed E-state index contributed by atoms with van der Waals surface area (Å²) in [7, 11) is 0. The van der Waals surface area contributed by atoms with E-state index in [1.807, 2.05) is 11.8 Å². The van der Waals surface area contributed by atoms with E-state index in [9.17, 15) is 0 Å². The summed E-state index contributed by atoms with van der Waals surface area (Å²) in [6.45, 7) is 4.59. The molecule has 0 aliphatic carbocycles. The average molecular weight is 187 g/mol. The van der Waals surface area contributed by atoms with Gasteiger partial charge in [0.05, 0.1) is 0 Å². The van der Waals surface area contributed by atoms with Crippen LogP contribution in [0.1, 0.15) is 33.1 Å². The fourth-order valence-corrected chi connectivity index (χ4v) is 3.27. The quantitative estimate of drug-likeness (QED) is 0.732. The van der Waals surface area contributed by atoms with Crippen LogP contribution >= 0.6 is 11.8 Å². The summed E-state index contributed by atoms with van der Waals surface area (Å²) in [6, 6.07) is 0.482. The van der Waals surface area contributed by atoms with Crippen molar-refractivity contribution in [3.63, 3.8) is 0 Å². The van der Waals surface area contributed by atoms with Crippen molar-refractivity contribution in [1.29, 1.82) is 0 Å². The Balaban J connectivity index is 2.28. The normalized spacial score (nSPS) is 30.0. The van der Waals surface area contributed by atoms with Crippen LogP contribution in [-0.2, 0) is 0 Å². The summed E-state index contributed by atoms with van der Waals surface area (Å²) in [6.07, 6.45) is 4.01. The number of rotatable bonds is 4. The van der Waals surface area contributed by atoms with Gasteiger partial charge in [-0.15, -0.1) is 0 Å². The van der Waals surface area contributed by atoms with E-state index in [0.717, 1.165) is 11.8 Å². The standard InChI is InChI=1S/C10H21NS/c1-3-8(4-2)5-9-6-12-7-10(9)11/h8-10H,3-7,11H2,1-2H3. The Morgan fingerprint density at radius 1 is 1.33 bits per heavy atom. The molecule has 1 heterocycles. The second kappa shape index (κ2) is 5.13. The number of hydrogen-bond donors (Lipinski definition) is 1. The third-order valence-corrected chi connectivity index (χ3v) is 4.32. The molecule has 0 aromatic heterocycles. The van der Waals surface area contributed by atoms with E-state index in [4.69, 9.17) is 5.73 Å². The summed E-state index contributed by atoms with van der Waals surface area (Å²) in [5.74, 6) is 4.21. The topological polar surface area (TPSA) is 26.0 Å². The van der Waals surface area contributed by atoms with E-state index < -0.39 is 0 Å². The molecule has 2 atom stereocenters. The SMILES string of the molecule is CCC(CC)CC1CSCC1N. The van der Waals surface area contributed by atoms with Gasteiger partial charge >= 0.3 is 0 Å². The molecule has 1 rings (SSSR count). The van der Waals surface area contributed by atoms with Crippen molar-refractivity contribution in [2.45, 2.75) is 39.2 Å². The minimum Gasteiger partial charge on any atom is -0.327 e. The Morgan fingerprint density at radius 2 is 2.00 bits per heavy atom. The second-order valence-corrected chi connectivity index (χ2v) is 4.95. The molecule has 1 saturated heterocycles. The monoisotopic (exact) mass is 187 g/mol. The van der Waals surface area contributed by atoms with Gasteiger partial charge in [0, 0.05) is 11.8 Å². The molecule has 0 aromatic carbocycles. The fourth-order valence-electron chi connectivity index (χ4n) is 1.91. The molecule has 1 nitrogen and oxygen atoms in total. The van der Waals surface area contributed by atoms with Gasteiger partial charge in [0.15, 0.2) is 0 Å². The maximum absolute atomic E-state index is 6.02. The van der Waals surface area contributed by atoms with Crippen LogP contribution in [0.25, 0.3) is 0 Å². The predicted octanol–water partition coefficient (Wildman–Crippen LogP) is 2.50. The molecule has 72 valence electrons. The fraction of sp³-hybridized carbons (Fsp3) is 1.00. The van der Waals surface area contributed by atoms with Crippen LogP contribution in [0.2, 0.25) is 0 Å². The van der Waals surface area contributed by atoms with Crippen molar-refractivity contribution < 1.29 is 0 Å². The molecule has 2 heteroatoms. The third kappa shape index (κ3) is 2.67. The average Bonchev–Trinajstić information content (AvgIpc) is 2.47. The van der Waals surface area contributed by atoms with Crippen LogP contribution in [0, 0.1) is 11.8 Å². The Hall–Kier alpha value is 0.310. The molecule has 1 aliphatic heterocycles. The zero-order valence-corrected chi connectivity index (χ0v) is 9.07. The molecule has 0 bridgehead atoms. The van der Waals surface area contributed by atoms with E-state index in [0.29, 0.717) is 6.04 Å². The largest absolute Gasteiger partial charge is 0.327 e. The zero-order chi connectivity index (χ0) is 8.97. The maximum atomic E-state index is 6.02. The molecule has 0 saturated carbocycles. The highest BCUT2D eigenvalue weighted by molar-refractivity contribution is 7.99. The first-order chi connectivity index (χ1) is 5.77. The molecule has 0 radical (unpaired) electrons. The minimum atomic E-state index is 0.482. The van der Waals surface area contributed by atoms with Crippen LogP contribution in [0.15, 0.2) is 0 Å². The first kappa shape index (κ1) is 10.4. The number of nitrogens with two attached hydrogens (primary N) is 1. The molecular weight excluding hydrogens is 166 g/mol. The van der Waals surface area contributed by atoms with Crippen molar-refractivity contribution in [3.05, 3.63) is 0 Å². The van der Waals surface area contributed by atoms with Gasteiger partial charge in [-0.3, -0.25) is 0 Å². The Morgan fingerprint density at radius 3 is 2.42 bits per heavy atom. The lowest BCUT2D eigenvalue weighted by Gasteiger charge is -2.20. The lowest BCUT2D eigenvalue weighted by molar-refractivity contribution is 0.353. The predicted molar refractivity (Wildman–Crippen MR) is 57.5 cm³/mol. The van der Waals surface area contributed by atoms with Crippen molar-refractivity contribution >= 4 is 11.8 Å². The highest BCUT2D eigenvalue weighted by atomic mass is 32.2. The lowest BCUT2D eigenvalue weighted by Crippen LogP contribution is -2.29. The highest BCUT2D eigenvalue weighted by Crippen LogP contribution is 2.30. The van der Waals surface area contributed by atoms with Crippen LogP contribution in [0.3, 0.4) is 0 Å². The molecule has 0 aromatic rings. The summed E-state index contributed by atoms with van der Waals surface area (Å²) in [4.78, 5) is 0. The van der Waals surface area contributed by atoms with E-state index in [1.165, 1.54) is 30.8 Å². The zero-order valence-electron chi connectivity index (χ0n) is 8.25. The van der Waals surface area contributed by atoms with Crippen LogP contribution in [-0.4, -0.2) is 17.5 Å². The number of hydrogen-bond acceptors (Lipinski definition) is 2. The van der Waals surface area contributed by atoms with Gasteiger partial charge in [0.1, 0.15) is 0 Å². The first-order valence-electron chi connectivity index (χ1n) is 5.11. The van der Waals surface area contributed by atoms with Crippen molar-refractivity contribution in [1.82, 2.24) is 0 Å². The molecule has 12 heavy (non-hydrogen) atoms. The van der Waals surface area contributed by atoms with Crippen molar-refractivity contribution in [2.24, 2.45) is 17.6 Å². The van der Waals surface area contributed by atoms with E-state index in [1.54, 1.807) is 0 Å². The first-order valence-corrected chi connectivity index (χ1v) is 6.26. The van der Waals surface area contributed by atoms with Crippen molar-refractivity contribution in [2.75, 3.05) is 11.5 Å². The van der Waals surface area contributed by atoms with Gasteiger partial charge in [0.2, 0.25) is 0 Å². The molecule has 1 fully saturated rings. The van der Waals surface area contributed by atoms with Gasteiger partial charge in [0.25, 0.3) is 0 Å². The summed E-state index contributed by atoms with van der Waals surface area (Å²) in [5, 5.41) is 0. The maximum Gasteiger partial charge on any atom is 0.0166 e. The second-order valence-electron chi connectivity index (χ2n) is 3.88. The molecule has 2 unspecified atom stereocenters. The van der Waals surface area contributed by atoms with Gasteiger partial charge in [-0.05, 0) is 24.0 Å². The smallest absolute Gasteiger partial charge is 0.0166 e. The summed E-state index contributed by atoms with van der Waals surface area (Å²) >= 11 is 2.03. The lowest BCUT2D eigenvalue weighted by atomic mass is 9.88. The molecular formula is C10H21NS. The van der Waals surface area contributed by atoms with Crippen molar-refractivity contribution in [3.8, 4) is 0 Å². The Kier molecular flexibility index (Phi) is 4.44. The third-order valence-electron chi connectivity index (χ3n) is 3.04. The Labute approximate surface area is 80.5 Å². The number of thioether (sulfide) groups is 1. The van der Waals surface area contributed by atoms with Gasteiger partial charge in [-0.25, -0.2) is 0 Å².